The number of amides is 2. The first-order chi connectivity index (χ1) is 16.8. The van der Waals surface area contributed by atoms with Crippen LogP contribution >= 0.6 is 15.9 Å². The smallest absolute Gasteiger partial charge is 0.312 e. The van der Waals surface area contributed by atoms with Crippen molar-refractivity contribution in [2.24, 2.45) is 5.73 Å². The number of aliphatic hydroxyl groups is 1. The first-order valence-corrected chi connectivity index (χ1v) is 11.8. The molecule has 0 radical (unpaired) electrons. The fourth-order valence-electron chi connectivity index (χ4n) is 5.76. The first kappa shape index (κ1) is 23.4. The van der Waals surface area contributed by atoms with Gasteiger partial charge < -0.3 is 30.4 Å². The van der Waals surface area contributed by atoms with E-state index in [9.17, 15) is 14.3 Å². The summed E-state index contributed by atoms with van der Waals surface area (Å²) >= 11 is 3.46. The van der Waals surface area contributed by atoms with Crippen molar-refractivity contribution in [3.63, 3.8) is 0 Å². The lowest BCUT2D eigenvalue weighted by Crippen LogP contribution is -2.63. The van der Waals surface area contributed by atoms with Crippen molar-refractivity contribution in [3.8, 4) is 0 Å². The normalized spacial score (nSPS) is 28.9. The van der Waals surface area contributed by atoms with Crippen molar-refractivity contribution in [1.29, 1.82) is 0 Å². The highest BCUT2D eigenvalue weighted by molar-refractivity contribution is 9.10. The SMILES string of the molecule is COC1=CC(OC)=C2C1=COC1(c3ccc(Br)cc3)C(c3cccc(F)c3)CC(NC(N)=O)C21O. The van der Waals surface area contributed by atoms with Gasteiger partial charge in [-0.05, 0) is 41.8 Å². The van der Waals surface area contributed by atoms with Gasteiger partial charge in [-0.25, -0.2) is 9.18 Å². The van der Waals surface area contributed by atoms with E-state index in [2.05, 4.69) is 21.2 Å². The van der Waals surface area contributed by atoms with Crippen molar-refractivity contribution in [1.82, 2.24) is 5.32 Å². The van der Waals surface area contributed by atoms with Crippen LogP contribution in [0.5, 0.6) is 0 Å². The Labute approximate surface area is 210 Å². The summed E-state index contributed by atoms with van der Waals surface area (Å²) < 4.78 is 32.9. The molecule has 182 valence electrons. The Morgan fingerprint density at radius 3 is 2.60 bits per heavy atom. The molecule has 1 aliphatic heterocycles. The number of ether oxygens (including phenoxy) is 3. The van der Waals surface area contributed by atoms with Crippen LogP contribution in [0.4, 0.5) is 9.18 Å². The van der Waals surface area contributed by atoms with Crippen LogP contribution in [0, 0.1) is 5.82 Å². The summed E-state index contributed by atoms with van der Waals surface area (Å²) in [5, 5.41) is 15.5. The summed E-state index contributed by atoms with van der Waals surface area (Å²) in [7, 11) is 3.00. The predicted octanol–water partition coefficient (Wildman–Crippen LogP) is 4.10. The standard InChI is InChI=1S/C26H24BrFN2O5/c1-33-20-12-21(34-2)23-18(20)13-35-26(15-6-8-16(27)9-7-15)19(14-4-3-5-17(28)10-14)11-22(25(23,26)32)30-24(29)31/h3-10,12-13,19,22,32H,11H2,1-2H3,(H3,29,30,31). The highest BCUT2D eigenvalue weighted by atomic mass is 79.9. The number of hydrogen-bond acceptors (Lipinski definition) is 5. The van der Waals surface area contributed by atoms with Crippen LogP contribution in [-0.4, -0.2) is 37.0 Å². The van der Waals surface area contributed by atoms with Crippen LogP contribution in [0.1, 0.15) is 23.5 Å². The monoisotopic (exact) mass is 542 g/mol. The van der Waals surface area contributed by atoms with Crippen LogP contribution in [0.2, 0.25) is 0 Å². The molecule has 0 saturated heterocycles. The Hall–Kier alpha value is -3.30. The van der Waals surface area contributed by atoms with Crippen LogP contribution in [0.3, 0.4) is 0 Å². The van der Waals surface area contributed by atoms with Crippen molar-refractivity contribution in [2.75, 3.05) is 14.2 Å². The summed E-state index contributed by atoms with van der Waals surface area (Å²) in [6, 6.07) is 11.8. The molecule has 0 aromatic heterocycles. The van der Waals surface area contributed by atoms with E-state index in [-0.39, 0.29) is 6.42 Å². The average molecular weight is 543 g/mol. The lowest BCUT2D eigenvalue weighted by atomic mass is 9.67. The average Bonchev–Trinajstić information content (AvgIpc) is 3.33. The third kappa shape index (κ3) is 3.29. The zero-order chi connectivity index (χ0) is 25.0. The van der Waals surface area contributed by atoms with Crippen LogP contribution < -0.4 is 11.1 Å². The Bertz CT molecular complexity index is 1290. The number of nitrogens with two attached hydrogens (primary N) is 1. The second kappa shape index (κ2) is 8.42. The van der Waals surface area contributed by atoms with E-state index in [0.717, 1.165) is 4.47 Å². The number of allylic oxidation sites excluding steroid dienone is 2. The number of halogens is 2. The van der Waals surface area contributed by atoms with Gasteiger partial charge in [0.1, 0.15) is 17.3 Å². The molecule has 1 heterocycles. The molecule has 2 aliphatic carbocycles. The molecular weight excluding hydrogens is 519 g/mol. The van der Waals surface area contributed by atoms with Gasteiger partial charge in [-0.1, -0.05) is 40.2 Å². The molecule has 4 atom stereocenters. The maximum absolute atomic E-state index is 14.4. The lowest BCUT2D eigenvalue weighted by Gasteiger charge is -2.50. The lowest BCUT2D eigenvalue weighted by molar-refractivity contribution is -0.145. The fraction of sp³-hybridized carbons (Fsp3) is 0.269. The van der Waals surface area contributed by atoms with Gasteiger partial charge in [0.25, 0.3) is 0 Å². The zero-order valence-electron chi connectivity index (χ0n) is 19.0. The van der Waals surface area contributed by atoms with Gasteiger partial charge in [-0.3, -0.25) is 0 Å². The molecule has 2 aromatic rings. The Balaban J connectivity index is 1.84. The van der Waals surface area contributed by atoms with Gasteiger partial charge in [0.05, 0.1) is 32.1 Å². The number of rotatable bonds is 5. The fourth-order valence-corrected chi connectivity index (χ4v) is 6.03. The molecule has 0 bridgehead atoms. The molecule has 1 saturated carbocycles. The van der Waals surface area contributed by atoms with Gasteiger partial charge in [0.15, 0.2) is 11.2 Å². The molecule has 3 aliphatic rings. The quantitative estimate of drug-likeness (QED) is 0.527. The number of methoxy groups -OCH3 is 2. The molecule has 2 amide bonds. The third-order valence-corrected chi connectivity index (χ3v) is 7.63. The Morgan fingerprint density at radius 1 is 1.23 bits per heavy atom. The molecule has 7 nitrogen and oxygen atoms in total. The first-order valence-electron chi connectivity index (χ1n) is 11.0. The van der Waals surface area contributed by atoms with E-state index in [0.29, 0.717) is 33.8 Å². The number of fused-ring (bicyclic) bond motifs is 3. The van der Waals surface area contributed by atoms with E-state index in [1.807, 2.05) is 24.3 Å². The molecule has 0 spiro atoms. The van der Waals surface area contributed by atoms with Crippen molar-refractivity contribution in [2.45, 2.75) is 29.6 Å². The van der Waals surface area contributed by atoms with Gasteiger partial charge in [-0.15, -0.1) is 0 Å². The Kier molecular flexibility index (Phi) is 5.64. The van der Waals surface area contributed by atoms with Crippen molar-refractivity contribution >= 4 is 22.0 Å². The number of hydrogen-bond donors (Lipinski definition) is 3. The van der Waals surface area contributed by atoms with Gasteiger partial charge in [0.2, 0.25) is 0 Å². The molecule has 4 unspecified atom stereocenters. The molecule has 1 fully saturated rings. The summed E-state index contributed by atoms with van der Waals surface area (Å²) in [6.07, 6.45) is 3.41. The zero-order valence-corrected chi connectivity index (χ0v) is 20.6. The van der Waals surface area contributed by atoms with Crippen LogP contribution in [-0.2, 0) is 19.8 Å². The minimum atomic E-state index is -1.86. The number of carbonyl (C=O) groups excluding carboxylic acids is 1. The van der Waals surface area contributed by atoms with E-state index < -0.39 is 35.0 Å². The van der Waals surface area contributed by atoms with E-state index in [1.165, 1.54) is 32.6 Å². The maximum Gasteiger partial charge on any atom is 0.312 e. The second-order valence-corrected chi connectivity index (χ2v) is 9.63. The summed E-state index contributed by atoms with van der Waals surface area (Å²) in [5.74, 6) is -0.175. The number of nitrogens with one attached hydrogen (secondary N) is 1. The predicted molar refractivity (Wildman–Crippen MR) is 129 cm³/mol. The largest absolute Gasteiger partial charge is 0.496 e. The van der Waals surface area contributed by atoms with Gasteiger partial charge in [0, 0.05) is 22.0 Å². The summed E-state index contributed by atoms with van der Waals surface area (Å²) in [5.41, 5.74) is 4.37. The third-order valence-electron chi connectivity index (χ3n) is 7.10. The van der Waals surface area contributed by atoms with Crippen molar-refractivity contribution in [3.05, 3.63) is 105 Å². The second-order valence-electron chi connectivity index (χ2n) is 8.72. The van der Waals surface area contributed by atoms with E-state index >= 15 is 0 Å². The number of urea groups is 1. The maximum atomic E-state index is 14.4. The Morgan fingerprint density at radius 2 is 1.97 bits per heavy atom. The molecule has 35 heavy (non-hydrogen) atoms. The number of carbonyl (C=O) groups is 1. The highest BCUT2D eigenvalue weighted by Gasteiger charge is 2.72. The van der Waals surface area contributed by atoms with Gasteiger partial charge >= 0.3 is 6.03 Å². The highest BCUT2D eigenvalue weighted by Crippen LogP contribution is 2.64. The molecular formula is C26H24BrFN2O5. The molecule has 2 aromatic carbocycles. The number of primary amides is 1. The topological polar surface area (TPSA) is 103 Å². The number of benzene rings is 2. The van der Waals surface area contributed by atoms with E-state index in [4.69, 9.17) is 19.9 Å². The summed E-state index contributed by atoms with van der Waals surface area (Å²) in [6.45, 7) is 0. The minimum Gasteiger partial charge on any atom is -0.496 e. The van der Waals surface area contributed by atoms with E-state index in [1.54, 1.807) is 18.2 Å². The van der Waals surface area contributed by atoms with Crippen molar-refractivity contribution < 1.29 is 28.5 Å². The summed E-state index contributed by atoms with van der Waals surface area (Å²) in [4.78, 5) is 12.1. The van der Waals surface area contributed by atoms with Crippen LogP contribution in [0.15, 0.2) is 88.0 Å². The minimum absolute atomic E-state index is 0.211. The van der Waals surface area contributed by atoms with Gasteiger partial charge in [-0.2, -0.15) is 0 Å². The molecule has 5 rings (SSSR count). The molecule has 4 N–H and O–H groups in total. The molecule has 9 heteroatoms. The van der Waals surface area contributed by atoms with Crippen LogP contribution in [0.25, 0.3) is 0 Å².